The Hall–Kier alpha value is -2.37. The summed E-state index contributed by atoms with van der Waals surface area (Å²) in [7, 11) is 0. The Morgan fingerprint density at radius 1 is 1.19 bits per heavy atom. The van der Waals surface area contributed by atoms with Gasteiger partial charge in [0.2, 0.25) is 11.8 Å². The molecule has 144 valence electrons. The summed E-state index contributed by atoms with van der Waals surface area (Å²) in [6, 6.07) is 5.91. The number of piperidine rings is 1. The molecule has 1 saturated carbocycles. The smallest absolute Gasteiger partial charge is 0.307 e. The van der Waals surface area contributed by atoms with Crippen LogP contribution in [-0.2, 0) is 14.4 Å². The normalized spacial score (nSPS) is 26.5. The van der Waals surface area contributed by atoms with Gasteiger partial charge in [-0.25, -0.2) is 0 Å². The third kappa shape index (κ3) is 3.01. The fourth-order valence-electron chi connectivity index (χ4n) is 4.81. The highest BCUT2D eigenvalue weighted by Crippen LogP contribution is 2.59. The number of hydrogen-bond donors (Lipinski definition) is 1. The first-order chi connectivity index (χ1) is 12.8. The summed E-state index contributed by atoms with van der Waals surface area (Å²) in [6.07, 6.45) is 2.52. The van der Waals surface area contributed by atoms with Crippen molar-refractivity contribution in [1.29, 1.82) is 0 Å². The topological polar surface area (TPSA) is 77.9 Å². The second kappa shape index (κ2) is 6.36. The van der Waals surface area contributed by atoms with Crippen molar-refractivity contribution in [3.63, 3.8) is 0 Å². The minimum absolute atomic E-state index is 0.00339. The van der Waals surface area contributed by atoms with Crippen molar-refractivity contribution < 1.29 is 19.5 Å². The summed E-state index contributed by atoms with van der Waals surface area (Å²) in [5, 5.41) is 9.20. The number of aliphatic carboxylic acids is 1. The van der Waals surface area contributed by atoms with Gasteiger partial charge in [0.1, 0.15) is 0 Å². The molecule has 6 heteroatoms. The van der Waals surface area contributed by atoms with Gasteiger partial charge >= 0.3 is 5.97 Å². The molecule has 2 unspecified atom stereocenters. The van der Waals surface area contributed by atoms with Gasteiger partial charge in [-0.15, -0.1) is 0 Å². The SMILES string of the molecule is Cc1cccc(N2CC(C(=O)N3CCC4(CC3)CC4C(=O)O)CC2=O)c1C. The molecule has 0 aromatic heterocycles. The van der Waals surface area contributed by atoms with E-state index >= 15 is 0 Å². The van der Waals surface area contributed by atoms with Crippen LogP contribution in [-0.4, -0.2) is 47.4 Å². The van der Waals surface area contributed by atoms with Gasteiger partial charge < -0.3 is 14.9 Å². The van der Waals surface area contributed by atoms with Crippen LogP contribution < -0.4 is 4.90 Å². The third-order valence-corrected chi connectivity index (χ3v) is 6.90. The van der Waals surface area contributed by atoms with Crippen LogP contribution in [0.5, 0.6) is 0 Å². The van der Waals surface area contributed by atoms with Crippen LogP contribution in [0.25, 0.3) is 0 Å². The molecule has 1 aliphatic carbocycles. The summed E-state index contributed by atoms with van der Waals surface area (Å²) in [5.74, 6) is -1.20. The molecule has 27 heavy (non-hydrogen) atoms. The van der Waals surface area contributed by atoms with Crippen LogP contribution in [0.3, 0.4) is 0 Å². The van der Waals surface area contributed by atoms with E-state index in [1.54, 1.807) is 4.90 Å². The number of rotatable bonds is 3. The zero-order valence-corrected chi connectivity index (χ0v) is 15.9. The monoisotopic (exact) mass is 370 g/mol. The Labute approximate surface area is 159 Å². The third-order valence-electron chi connectivity index (χ3n) is 6.90. The molecule has 1 aromatic carbocycles. The lowest BCUT2D eigenvalue weighted by atomic mass is 9.90. The summed E-state index contributed by atoms with van der Waals surface area (Å²) >= 11 is 0. The highest BCUT2D eigenvalue weighted by atomic mass is 16.4. The first-order valence-electron chi connectivity index (χ1n) is 9.70. The minimum Gasteiger partial charge on any atom is -0.481 e. The number of carboxylic acids is 1. The molecule has 4 rings (SSSR count). The lowest BCUT2D eigenvalue weighted by molar-refractivity contribution is -0.140. The molecule has 1 N–H and O–H groups in total. The van der Waals surface area contributed by atoms with E-state index in [4.69, 9.17) is 0 Å². The molecule has 3 fully saturated rings. The number of carbonyl (C=O) groups excluding carboxylic acids is 2. The fraction of sp³-hybridized carbons (Fsp3) is 0.571. The van der Waals surface area contributed by atoms with Gasteiger partial charge in [-0.1, -0.05) is 12.1 Å². The number of likely N-dealkylation sites (tertiary alicyclic amines) is 1. The average molecular weight is 370 g/mol. The van der Waals surface area contributed by atoms with Crippen LogP contribution in [0.1, 0.15) is 36.8 Å². The molecule has 1 aromatic rings. The molecule has 0 radical (unpaired) electrons. The Morgan fingerprint density at radius 3 is 2.52 bits per heavy atom. The summed E-state index contributed by atoms with van der Waals surface area (Å²) in [6.45, 7) is 5.68. The number of anilines is 1. The van der Waals surface area contributed by atoms with Crippen molar-refractivity contribution in [2.24, 2.45) is 17.3 Å². The average Bonchev–Trinajstić information content (AvgIpc) is 3.21. The van der Waals surface area contributed by atoms with Gasteiger partial charge in [-0.3, -0.25) is 14.4 Å². The van der Waals surface area contributed by atoms with Gasteiger partial charge in [0.05, 0.1) is 11.8 Å². The first kappa shape index (κ1) is 18.0. The highest BCUT2D eigenvalue weighted by Gasteiger charge is 2.59. The number of carboxylic acid groups (broad SMARTS) is 1. The lowest BCUT2D eigenvalue weighted by Gasteiger charge is -2.34. The number of carbonyl (C=O) groups is 3. The molecular weight excluding hydrogens is 344 g/mol. The van der Waals surface area contributed by atoms with Crippen LogP contribution in [0.2, 0.25) is 0 Å². The molecule has 2 amide bonds. The maximum absolute atomic E-state index is 13.0. The van der Waals surface area contributed by atoms with Crippen molar-refractivity contribution in [3.8, 4) is 0 Å². The van der Waals surface area contributed by atoms with E-state index in [0.29, 0.717) is 19.6 Å². The van der Waals surface area contributed by atoms with Gasteiger partial charge in [0.15, 0.2) is 0 Å². The molecule has 0 bridgehead atoms. The van der Waals surface area contributed by atoms with Gasteiger partial charge in [0.25, 0.3) is 0 Å². The molecule has 3 aliphatic rings. The van der Waals surface area contributed by atoms with Crippen molar-refractivity contribution in [3.05, 3.63) is 29.3 Å². The molecule has 2 saturated heterocycles. The Kier molecular flexibility index (Phi) is 4.24. The standard InChI is InChI=1S/C21H26N2O4/c1-13-4-3-5-17(14(13)2)23-12-15(10-18(23)24)19(25)22-8-6-21(7-9-22)11-16(21)20(26)27/h3-5,15-16H,6-12H2,1-2H3,(H,26,27). The predicted octanol–water partition coefficient (Wildman–Crippen LogP) is 2.37. The van der Waals surface area contributed by atoms with Crippen LogP contribution in [0.4, 0.5) is 5.69 Å². The second-order valence-electron chi connectivity index (χ2n) is 8.41. The van der Waals surface area contributed by atoms with E-state index in [2.05, 4.69) is 0 Å². The zero-order valence-electron chi connectivity index (χ0n) is 15.9. The Morgan fingerprint density at radius 2 is 1.89 bits per heavy atom. The van der Waals surface area contributed by atoms with E-state index < -0.39 is 5.97 Å². The minimum atomic E-state index is -0.708. The Bertz CT molecular complexity index is 810. The molecule has 2 atom stereocenters. The summed E-state index contributed by atoms with van der Waals surface area (Å²) in [5.41, 5.74) is 3.02. The van der Waals surface area contributed by atoms with Crippen LogP contribution in [0, 0.1) is 31.1 Å². The van der Waals surface area contributed by atoms with Crippen molar-refractivity contribution >= 4 is 23.5 Å². The zero-order chi connectivity index (χ0) is 19.3. The lowest BCUT2D eigenvalue weighted by Crippen LogP contribution is -2.43. The van der Waals surface area contributed by atoms with E-state index in [9.17, 15) is 19.5 Å². The number of hydrogen-bond acceptors (Lipinski definition) is 3. The van der Waals surface area contributed by atoms with E-state index in [1.807, 2.05) is 36.9 Å². The maximum atomic E-state index is 13.0. The van der Waals surface area contributed by atoms with E-state index in [1.165, 1.54) is 0 Å². The van der Waals surface area contributed by atoms with Crippen molar-refractivity contribution in [2.75, 3.05) is 24.5 Å². The summed E-state index contributed by atoms with van der Waals surface area (Å²) < 4.78 is 0. The summed E-state index contributed by atoms with van der Waals surface area (Å²) in [4.78, 5) is 40.3. The fourth-order valence-corrected chi connectivity index (χ4v) is 4.81. The predicted molar refractivity (Wildman–Crippen MR) is 100 cm³/mol. The van der Waals surface area contributed by atoms with Crippen molar-refractivity contribution in [1.82, 2.24) is 4.90 Å². The number of amides is 2. The van der Waals surface area contributed by atoms with Gasteiger partial charge in [0, 0.05) is 31.7 Å². The molecule has 2 heterocycles. The highest BCUT2D eigenvalue weighted by molar-refractivity contribution is 6.01. The quantitative estimate of drug-likeness (QED) is 0.886. The van der Waals surface area contributed by atoms with Gasteiger partial charge in [-0.05, 0) is 55.7 Å². The number of aryl methyl sites for hydroxylation is 1. The number of benzene rings is 1. The largest absolute Gasteiger partial charge is 0.481 e. The van der Waals surface area contributed by atoms with E-state index in [-0.39, 0.29) is 35.5 Å². The molecule has 2 aliphatic heterocycles. The molecule has 1 spiro atoms. The Balaban J connectivity index is 1.40. The molecular formula is C21H26N2O4. The second-order valence-corrected chi connectivity index (χ2v) is 8.41. The van der Waals surface area contributed by atoms with Crippen molar-refractivity contribution in [2.45, 2.75) is 39.5 Å². The van der Waals surface area contributed by atoms with Crippen LogP contribution >= 0.6 is 0 Å². The molecule has 6 nitrogen and oxygen atoms in total. The first-order valence-corrected chi connectivity index (χ1v) is 9.70. The number of nitrogens with zero attached hydrogens (tertiary/aromatic N) is 2. The van der Waals surface area contributed by atoms with Gasteiger partial charge in [-0.2, -0.15) is 0 Å². The maximum Gasteiger partial charge on any atom is 0.307 e. The van der Waals surface area contributed by atoms with Crippen LogP contribution in [0.15, 0.2) is 18.2 Å². The van der Waals surface area contributed by atoms with E-state index in [0.717, 1.165) is 36.1 Å².